The zero-order valence-electron chi connectivity index (χ0n) is 16.6. The van der Waals surface area contributed by atoms with E-state index in [-0.39, 0.29) is 0 Å². The van der Waals surface area contributed by atoms with Crippen molar-refractivity contribution in [2.45, 2.75) is 26.2 Å². The summed E-state index contributed by atoms with van der Waals surface area (Å²) in [6.45, 7) is 4.26. The van der Waals surface area contributed by atoms with Crippen molar-refractivity contribution < 1.29 is 0 Å². The summed E-state index contributed by atoms with van der Waals surface area (Å²) in [5.74, 6) is 1.84. The van der Waals surface area contributed by atoms with E-state index in [0.717, 1.165) is 35.9 Å². The Labute approximate surface area is 165 Å². The maximum Gasteiger partial charge on any atom is 0.156 e. The van der Waals surface area contributed by atoms with Crippen LogP contribution in [0.3, 0.4) is 0 Å². The molecule has 0 N–H and O–H groups in total. The molecule has 5 rings (SSSR count). The SMILES string of the molecule is Cc1ccc2c(c1)c1ncnc(N3CCC(Cc4ccccc4)CC3)c1n2C. The van der Waals surface area contributed by atoms with Crippen LogP contribution in [0.15, 0.2) is 54.9 Å². The van der Waals surface area contributed by atoms with Crippen LogP contribution in [0.2, 0.25) is 0 Å². The predicted octanol–water partition coefficient (Wildman–Crippen LogP) is 4.89. The number of hydrogen-bond donors (Lipinski definition) is 0. The van der Waals surface area contributed by atoms with Gasteiger partial charge in [-0.05, 0) is 49.8 Å². The number of hydrogen-bond acceptors (Lipinski definition) is 3. The molecule has 0 radical (unpaired) electrons. The van der Waals surface area contributed by atoms with Crippen LogP contribution in [-0.4, -0.2) is 27.6 Å². The standard InChI is InChI=1S/C24H26N4/c1-17-8-9-21-20(14-17)22-23(27(21)2)24(26-16-25-22)28-12-10-19(11-13-28)15-18-6-4-3-5-7-18/h3-9,14,16,19H,10-13,15H2,1-2H3. The minimum atomic E-state index is 0.756. The Morgan fingerprint density at radius 1 is 1.00 bits per heavy atom. The molecule has 2 aromatic heterocycles. The van der Waals surface area contributed by atoms with E-state index in [0.29, 0.717) is 0 Å². The molecule has 0 aliphatic carbocycles. The number of anilines is 1. The molecule has 4 heteroatoms. The van der Waals surface area contributed by atoms with Crippen molar-refractivity contribution in [1.29, 1.82) is 0 Å². The number of benzene rings is 2. The third kappa shape index (κ3) is 2.93. The number of rotatable bonds is 3. The summed E-state index contributed by atoms with van der Waals surface area (Å²) in [5, 5.41) is 1.22. The smallest absolute Gasteiger partial charge is 0.156 e. The highest BCUT2D eigenvalue weighted by Crippen LogP contribution is 2.34. The first-order chi connectivity index (χ1) is 13.7. The average molecular weight is 371 g/mol. The molecule has 0 atom stereocenters. The van der Waals surface area contributed by atoms with Crippen LogP contribution in [0.5, 0.6) is 0 Å². The highest BCUT2D eigenvalue weighted by atomic mass is 15.2. The van der Waals surface area contributed by atoms with Crippen LogP contribution in [-0.2, 0) is 13.5 Å². The molecule has 0 spiro atoms. The van der Waals surface area contributed by atoms with Gasteiger partial charge in [0.1, 0.15) is 17.4 Å². The molecule has 4 nitrogen and oxygen atoms in total. The monoisotopic (exact) mass is 370 g/mol. The minimum Gasteiger partial charge on any atom is -0.355 e. The maximum atomic E-state index is 4.71. The molecule has 0 amide bonds. The topological polar surface area (TPSA) is 34.0 Å². The Kier molecular flexibility index (Phi) is 4.27. The summed E-state index contributed by atoms with van der Waals surface area (Å²) in [5.41, 5.74) is 6.17. The second-order valence-electron chi connectivity index (χ2n) is 8.09. The van der Waals surface area contributed by atoms with Gasteiger partial charge in [-0.25, -0.2) is 9.97 Å². The van der Waals surface area contributed by atoms with Crippen LogP contribution < -0.4 is 4.90 Å². The lowest BCUT2D eigenvalue weighted by Gasteiger charge is -2.33. The van der Waals surface area contributed by atoms with Crippen molar-refractivity contribution in [3.05, 3.63) is 66.0 Å². The average Bonchev–Trinajstić information content (AvgIpc) is 3.01. The summed E-state index contributed by atoms with van der Waals surface area (Å²) in [7, 11) is 2.13. The fourth-order valence-electron chi connectivity index (χ4n) is 4.66. The number of fused-ring (bicyclic) bond motifs is 3. The van der Waals surface area contributed by atoms with Crippen LogP contribution >= 0.6 is 0 Å². The van der Waals surface area contributed by atoms with E-state index in [1.54, 1.807) is 6.33 Å². The van der Waals surface area contributed by atoms with Gasteiger partial charge in [-0.1, -0.05) is 42.0 Å². The van der Waals surface area contributed by atoms with Crippen molar-refractivity contribution in [2.75, 3.05) is 18.0 Å². The predicted molar refractivity (Wildman–Crippen MR) is 116 cm³/mol. The summed E-state index contributed by atoms with van der Waals surface area (Å²) in [6, 6.07) is 17.5. The third-order valence-electron chi connectivity index (χ3n) is 6.19. The fraction of sp³-hybridized carbons (Fsp3) is 0.333. The maximum absolute atomic E-state index is 4.71. The largest absolute Gasteiger partial charge is 0.355 e. The van der Waals surface area contributed by atoms with Crippen molar-refractivity contribution in [2.24, 2.45) is 13.0 Å². The molecule has 3 heterocycles. The molecule has 1 aliphatic rings. The Hall–Kier alpha value is -2.88. The van der Waals surface area contributed by atoms with Crippen LogP contribution in [0, 0.1) is 12.8 Å². The first kappa shape index (κ1) is 17.2. The lowest BCUT2D eigenvalue weighted by molar-refractivity contribution is 0.402. The minimum absolute atomic E-state index is 0.756. The number of nitrogens with zero attached hydrogens (tertiary/aromatic N) is 4. The van der Waals surface area contributed by atoms with Gasteiger partial charge in [0.25, 0.3) is 0 Å². The van der Waals surface area contributed by atoms with Crippen molar-refractivity contribution in [3.8, 4) is 0 Å². The molecule has 28 heavy (non-hydrogen) atoms. The van der Waals surface area contributed by atoms with Gasteiger partial charge in [-0.15, -0.1) is 0 Å². The van der Waals surface area contributed by atoms with Gasteiger partial charge >= 0.3 is 0 Å². The number of aryl methyl sites for hydroxylation is 2. The Morgan fingerprint density at radius 2 is 1.79 bits per heavy atom. The Bertz CT molecular complexity index is 1120. The van der Waals surface area contributed by atoms with Crippen molar-refractivity contribution in [3.63, 3.8) is 0 Å². The molecule has 4 aromatic rings. The van der Waals surface area contributed by atoms with E-state index in [2.05, 4.69) is 77.0 Å². The van der Waals surface area contributed by atoms with Gasteiger partial charge in [0.2, 0.25) is 0 Å². The molecule has 0 unspecified atom stereocenters. The van der Waals surface area contributed by atoms with Gasteiger partial charge in [-0.3, -0.25) is 0 Å². The summed E-state index contributed by atoms with van der Waals surface area (Å²) < 4.78 is 2.26. The van der Waals surface area contributed by atoms with Gasteiger partial charge in [0, 0.05) is 25.5 Å². The second-order valence-corrected chi connectivity index (χ2v) is 8.09. The van der Waals surface area contributed by atoms with Gasteiger partial charge in [0.05, 0.1) is 5.52 Å². The van der Waals surface area contributed by atoms with Gasteiger partial charge in [0.15, 0.2) is 5.82 Å². The first-order valence-electron chi connectivity index (χ1n) is 10.2. The highest BCUT2D eigenvalue weighted by Gasteiger charge is 2.24. The van der Waals surface area contributed by atoms with E-state index in [1.165, 1.54) is 41.3 Å². The Balaban J connectivity index is 1.43. The van der Waals surface area contributed by atoms with Crippen molar-refractivity contribution >= 4 is 27.8 Å². The lowest BCUT2D eigenvalue weighted by Crippen LogP contribution is -2.35. The first-order valence-corrected chi connectivity index (χ1v) is 10.2. The van der Waals surface area contributed by atoms with Crippen LogP contribution in [0.25, 0.3) is 21.9 Å². The van der Waals surface area contributed by atoms with E-state index in [9.17, 15) is 0 Å². The summed E-state index contributed by atoms with van der Waals surface area (Å²) in [4.78, 5) is 11.8. The highest BCUT2D eigenvalue weighted by molar-refractivity contribution is 6.09. The zero-order chi connectivity index (χ0) is 19.1. The third-order valence-corrected chi connectivity index (χ3v) is 6.19. The van der Waals surface area contributed by atoms with Crippen molar-refractivity contribution in [1.82, 2.24) is 14.5 Å². The van der Waals surface area contributed by atoms with Crippen LogP contribution in [0.4, 0.5) is 5.82 Å². The molecule has 1 fully saturated rings. The molecule has 1 saturated heterocycles. The lowest BCUT2D eigenvalue weighted by atomic mass is 9.90. The van der Waals surface area contributed by atoms with Crippen LogP contribution in [0.1, 0.15) is 24.0 Å². The number of piperidine rings is 1. The van der Waals surface area contributed by atoms with Gasteiger partial charge < -0.3 is 9.47 Å². The number of aromatic nitrogens is 3. The molecular weight excluding hydrogens is 344 g/mol. The Morgan fingerprint density at radius 3 is 2.57 bits per heavy atom. The van der Waals surface area contributed by atoms with E-state index in [4.69, 9.17) is 4.98 Å². The van der Waals surface area contributed by atoms with Gasteiger partial charge in [-0.2, -0.15) is 0 Å². The summed E-state index contributed by atoms with van der Waals surface area (Å²) in [6.07, 6.45) is 5.34. The van der Waals surface area contributed by atoms with E-state index < -0.39 is 0 Å². The molecule has 0 bridgehead atoms. The zero-order valence-corrected chi connectivity index (χ0v) is 16.6. The molecule has 142 valence electrons. The molecule has 1 aliphatic heterocycles. The van der Waals surface area contributed by atoms with E-state index >= 15 is 0 Å². The molecule has 0 saturated carbocycles. The fourth-order valence-corrected chi connectivity index (χ4v) is 4.66. The molecular formula is C24H26N4. The second kappa shape index (κ2) is 6.93. The van der Waals surface area contributed by atoms with E-state index in [1.807, 2.05) is 0 Å². The normalized spacial score (nSPS) is 15.6. The summed E-state index contributed by atoms with van der Waals surface area (Å²) >= 11 is 0. The quantitative estimate of drug-likeness (QED) is 0.515. The molecule has 2 aromatic carbocycles.